The molecule has 0 aliphatic carbocycles. The van der Waals surface area contributed by atoms with E-state index in [0.29, 0.717) is 46.0 Å². The Hall–Kier alpha value is -3.07. The van der Waals surface area contributed by atoms with Crippen LogP contribution in [0.25, 0.3) is 19.6 Å². The van der Waals surface area contributed by atoms with Crippen LogP contribution in [0.15, 0.2) is 84.9 Å². The fourth-order valence-corrected chi connectivity index (χ4v) is 6.43. The summed E-state index contributed by atoms with van der Waals surface area (Å²) in [6, 6.07) is 27.9. The van der Waals surface area contributed by atoms with Crippen molar-refractivity contribution in [2.75, 3.05) is 26.4 Å². The van der Waals surface area contributed by atoms with Crippen molar-refractivity contribution in [2.24, 2.45) is 0 Å². The van der Waals surface area contributed by atoms with E-state index in [4.69, 9.17) is 69.5 Å². The molecule has 0 atom stereocenters. The fraction of sp³-hybridized carbons (Fsp3) is 0.391. The third kappa shape index (κ3) is 15.4. The van der Waals surface area contributed by atoms with E-state index in [0.717, 1.165) is 108 Å². The summed E-state index contributed by atoms with van der Waals surface area (Å²) in [5, 5.41) is 0. The molecule has 0 aromatic heterocycles. The first-order valence-corrected chi connectivity index (χ1v) is 20.9. The van der Waals surface area contributed by atoms with E-state index in [1.54, 1.807) is 0 Å². The Bertz CT molecular complexity index is 1580. The molecule has 0 saturated carbocycles. The maximum absolute atomic E-state index is 6.09. The smallest absolute Gasteiger partial charge is 0.128 e. The molecule has 0 radical (unpaired) electrons. The second-order valence-electron chi connectivity index (χ2n) is 13.1. The number of hydrogen-bond donors (Lipinski definition) is 0. The molecule has 0 saturated heterocycles. The molecular formula is C46H56NiO4S4-4. The van der Waals surface area contributed by atoms with Gasteiger partial charge in [-0.25, -0.2) is 0 Å². The Balaban J connectivity index is 0.000000373. The summed E-state index contributed by atoms with van der Waals surface area (Å²) in [6.07, 6.45) is 8.29. The molecule has 4 rings (SSSR count). The van der Waals surface area contributed by atoms with E-state index >= 15 is 0 Å². The molecule has 4 aromatic rings. The van der Waals surface area contributed by atoms with Crippen molar-refractivity contribution in [3.8, 4) is 23.0 Å². The van der Waals surface area contributed by atoms with Crippen molar-refractivity contribution in [3.63, 3.8) is 0 Å². The van der Waals surface area contributed by atoms with Crippen LogP contribution >= 0.6 is 0 Å². The van der Waals surface area contributed by atoms with Crippen molar-refractivity contribution in [3.05, 3.63) is 118 Å². The molecule has 0 unspecified atom stereocenters. The van der Waals surface area contributed by atoms with Crippen molar-refractivity contribution < 1.29 is 35.4 Å². The average molecular weight is 860 g/mol. The summed E-state index contributed by atoms with van der Waals surface area (Å²) in [6.45, 7) is 15.3. The van der Waals surface area contributed by atoms with Crippen LogP contribution in [0.3, 0.4) is 0 Å². The quantitative estimate of drug-likeness (QED) is 0.0377. The van der Waals surface area contributed by atoms with Crippen molar-refractivity contribution in [1.82, 2.24) is 0 Å². The molecule has 0 heterocycles. The molecule has 0 amide bonds. The van der Waals surface area contributed by atoms with Crippen LogP contribution in [0.1, 0.15) is 112 Å². The van der Waals surface area contributed by atoms with Gasteiger partial charge >= 0.3 is 0 Å². The Morgan fingerprint density at radius 2 is 0.673 bits per heavy atom. The van der Waals surface area contributed by atoms with Crippen LogP contribution in [-0.2, 0) is 67.0 Å². The third-order valence-corrected chi connectivity index (χ3v) is 10.3. The van der Waals surface area contributed by atoms with E-state index in [2.05, 4.69) is 27.7 Å². The summed E-state index contributed by atoms with van der Waals surface area (Å²) < 4.78 is 24.3. The van der Waals surface area contributed by atoms with Crippen molar-refractivity contribution in [2.45, 2.75) is 92.9 Å². The van der Waals surface area contributed by atoms with E-state index in [1.165, 1.54) is 0 Å². The van der Waals surface area contributed by atoms with Gasteiger partial charge in [-0.3, -0.25) is 0 Å². The first-order valence-electron chi connectivity index (χ1n) is 19.2. The number of unbranched alkanes of at least 4 members (excludes halogenated alkanes) is 4. The van der Waals surface area contributed by atoms with E-state index < -0.39 is 0 Å². The Morgan fingerprint density at radius 1 is 0.418 bits per heavy atom. The topological polar surface area (TPSA) is 36.9 Å². The summed E-state index contributed by atoms with van der Waals surface area (Å²) >= 11 is 23.0. The van der Waals surface area contributed by atoms with Gasteiger partial charge in [-0.2, -0.15) is 19.6 Å². The summed E-state index contributed by atoms with van der Waals surface area (Å²) in [5.74, 6) is 3.05. The predicted octanol–water partition coefficient (Wildman–Crippen LogP) is 12.5. The molecule has 9 heteroatoms. The van der Waals surface area contributed by atoms with Gasteiger partial charge in [0.15, 0.2) is 0 Å². The minimum absolute atomic E-state index is 0. The molecule has 4 nitrogen and oxygen atoms in total. The summed E-state index contributed by atoms with van der Waals surface area (Å²) in [7, 11) is 0. The number of hydrogen-bond acceptors (Lipinski definition) is 8. The zero-order valence-corrected chi connectivity index (χ0v) is 37.4. The van der Waals surface area contributed by atoms with Crippen LogP contribution in [0, 0.1) is 13.8 Å². The molecule has 4 aromatic carbocycles. The van der Waals surface area contributed by atoms with Crippen molar-refractivity contribution in [1.29, 1.82) is 0 Å². The molecule has 0 aliphatic rings. The van der Waals surface area contributed by atoms with Gasteiger partial charge in [-0.15, -0.1) is 0 Å². The number of benzene rings is 4. The first-order chi connectivity index (χ1) is 26.2. The average Bonchev–Trinajstić information content (AvgIpc) is 3.18. The number of aryl methyl sites for hydroxylation is 2. The minimum Gasteiger partial charge on any atom is -0.780 e. The molecule has 0 N–H and O–H groups in total. The van der Waals surface area contributed by atoms with Crippen LogP contribution in [0.4, 0.5) is 0 Å². The van der Waals surface area contributed by atoms with Gasteiger partial charge in [-0.05, 0) is 86.1 Å². The SMILES string of the molecule is CCCCOc1cc(C)cc(OCCCC)c1/C([S-])=C(/[S-])c1ccccc1.CCCCOc1cc(C)cc(OCCCC)c1/C([S-])=C(/[S-])c1ccccc1.[Ni]. The summed E-state index contributed by atoms with van der Waals surface area (Å²) in [4.78, 5) is 2.51. The molecule has 302 valence electrons. The zero-order valence-electron chi connectivity index (χ0n) is 33.2. The zero-order chi connectivity index (χ0) is 39.3. The van der Waals surface area contributed by atoms with Crippen LogP contribution in [0.2, 0.25) is 0 Å². The van der Waals surface area contributed by atoms with Crippen LogP contribution in [-0.4, -0.2) is 26.4 Å². The molecule has 55 heavy (non-hydrogen) atoms. The second kappa shape index (κ2) is 26.7. The maximum Gasteiger partial charge on any atom is 0.128 e. The summed E-state index contributed by atoms with van der Waals surface area (Å²) in [5.41, 5.74) is 5.66. The molecule has 0 bridgehead atoms. The third-order valence-electron chi connectivity index (χ3n) is 8.38. The fourth-order valence-electron chi connectivity index (χ4n) is 5.32. The number of rotatable bonds is 20. The molecule has 0 aliphatic heterocycles. The Kier molecular flexibility index (Phi) is 23.4. The van der Waals surface area contributed by atoms with Gasteiger partial charge in [0, 0.05) is 27.6 Å². The monoisotopic (exact) mass is 858 g/mol. The molecular weight excluding hydrogens is 803 g/mol. The second-order valence-corrected chi connectivity index (χ2v) is 14.8. The predicted molar refractivity (Wildman–Crippen MR) is 240 cm³/mol. The van der Waals surface area contributed by atoms with Crippen molar-refractivity contribution >= 4 is 70.1 Å². The van der Waals surface area contributed by atoms with Crippen LogP contribution in [0.5, 0.6) is 23.0 Å². The van der Waals surface area contributed by atoms with Gasteiger partial charge in [0.1, 0.15) is 23.0 Å². The van der Waals surface area contributed by atoms with Gasteiger partial charge < -0.3 is 69.5 Å². The van der Waals surface area contributed by atoms with Gasteiger partial charge in [0.2, 0.25) is 0 Å². The van der Waals surface area contributed by atoms with Gasteiger partial charge in [0.05, 0.1) is 26.4 Å². The Labute approximate surface area is 363 Å². The van der Waals surface area contributed by atoms with E-state index in [-0.39, 0.29) is 16.5 Å². The minimum atomic E-state index is 0. The normalized spacial score (nSPS) is 11.6. The number of ether oxygens (including phenoxy) is 4. The Morgan fingerprint density at radius 3 is 0.909 bits per heavy atom. The standard InChI is InChI=1S/2C23H30O2S2.Ni/c2*1-4-6-13-24-19-15-17(3)16-20(25-14-7-5-2)21(19)23(27)22(26)18-11-9-8-10-12-18;/h2*8-12,15-16,26-27H,4-7,13-14H2,1-3H3;/p-4/b2*23-22-;. The van der Waals surface area contributed by atoms with Gasteiger partial charge in [0.25, 0.3) is 0 Å². The largest absolute Gasteiger partial charge is 0.780 e. The first kappa shape index (κ1) is 48.1. The van der Waals surface area contributed by atoms with E-state index in [1.807, 2.05) is 98.8 Å². The molecule has 0 fully saturated rings. The van der Waals surface area contributed by atoms with Crippen LogP contribution < -0.4 is 18.9 Å². The maximum atomic E-state index is 6.09. The van der Waals surface area contributed by atoms with Gasteiger partial charge in [-0.1, -0.05) is 114 Å². The molecule has 0 spiro atoms. The van der Waals surface area contributed by atoms with E-state index in [9.17, 15) is 0 Å².